The van der Waals surface area contributed by atoms with Crippen molar-refractivity contribution < 1.29 is 9.53 Å². The van der Waals surface area contributed by atoms with Gasteiger partial charge in [-0.05, 0) is 54.7 Å². The predicted molar refractivity (Wildman–Crippen MR) is 75.4 cm³/mol. The summed E-state index contributed by atoms with van der Waals surface area (Å²) in [5.74, 6) is -0.244. The van der Waals surface area contributed by atoms with Gasteiger partial charge >= 0.3 is 5.97 Å². The van der Waals surface area contributed by atoms with Crippen LogP contribution in [0.15, 0.2) is 36.4 Å². The molecule has 1 aliphatic rings. The summed E-state index contributed by atoms with van der Waals surface area (Å²) in [6.07, 6.45) is 0.952. The van der Waals surface area contributed by atoms with Gasteiger partial charge in [0, 0.05) is 0 Å². The lowest BCUT2D eigenvalue weighted by Gasteiger charge is -2.06. The van der Waals surface area contributed by atoms with Crippen molar-refractivity contribution in [3.63, 3.8) is 0 Å². The first kappa shape index (κ1) is 12.0. The van der Waals surface area contributed by atoms with E-state index < -0.39 is 0 Å². The van der Waals surface area contributed by atoms with Crippen molar-refractivity contribution in [2.45, 2.75) is 20.3 Å². The molecule has 2 aromatic carbocycles. The summed E-state index contributed by atoms with van der Waals surface area (Å²) >= 11 is 0. The van der Waals surface area contributed by atoms with Crippen LogP contribution in [0, 0.1) is 6.92 Å². The molecule has 0 N–H and O–H groups in total. The van der Waals surface area contributed by atoms with E-state index >= 15 is 0 Å². The molecule has 0 atom stereocenters. The summed E-state index contributed by atoms with van der Waals surface area (Å²) < 4.78 is 5.06. The fraction of sp³-hybridized carbons (Fsp3) is 0.235. The average molecular weight is 252 g/mol. The standard InChI is InChI=1S/C17H16O2/c1-3-19-17(18)14-7-6-13-9-12-5-4-11(2)8-15(12)16(13)10-14/h4-8,10H,3,9H2,1-2H3. The number of rotatable bonds is 2. The lowest BCUT2D eigenvalue weighted by atomic mass is 10.0. The molecule has 2 nitrogen and oxygen atoms in total. The van der Waals surface area contributed by atoms with Crippen LogP contribution in [0.25, 0.3) is 11.1 Å². The van der Waals surface area contributed by atoms with Crippen LogP contribution in [0.3, 0.4) is 0 Å². The van der Waals surface area contributed by atoms with Crippen LogP contribution < -0.4 is 0 Å². The Morgan fingerprint density at radius 2 is 1.79 bits per heavy atom. The maximum absolute atomic E-state index is 11.8. The average Bonchev–Trinajstić information content (AvgIpc) is 2.76. The van der Waals surface area contributed by atoms with Crippen LogP contribution in [-0.4, -0.2) is 12.6 Å². The lowest BCUT2D eigenvalue weighted by molar-refractivity contribution is 0.0526. The normalized spacial score (nSPS) is 11.9. The minimum Gasteiger partial charge on any atom is -0.462 e. The van der Waals surface area contributed by atoms with Gasteiger partial charge in [0.05, 0.1) is 12.2 Å². The second-order valence-corrected chi connectivity index (χ2v) is 4.93. The van der Waals surface area contributed by atoms with Gasteiger partial charge in [0.15, 0.2) is 0 Å². The van der Waals surface area contributed by atoms with Crippen LogP contribution in [0.4, 0.5) is 0 Å². The summed E-state index contributed by atoms with van der Waals surface area (Å²) in [6.45, 7) is 4.32. The Morgan fingerprint density at radius 3 is 2.53 bits per heavy atom. The Labute approximate surface area is 113 Å². The van der Waals surface area contributed by atoms with Gasteiger partial charge in [-0.15, -0.1) is 0 Å². The molecule has 0 fully saturated rings. The highest BCUT2D eigenvalue weighted by molar-refractivity contribution is 5.92. The molecule has 1 aliphatic carbocycles. The van der Waals surface area contributed by atoms with E-state index in [1.807, 2.05) is 25.1 Å². The molecular formula is C17H16O2. The van der Waals surface area contributed by atoms with Gasteiger partial charge in [-0.2, -0.15) is 0 Å². The van der Waals surface area contributed by atoms with Crippen molar-refractivity contribution in [1.82, 2.24) is 0 Å². The first-order valence-electron chi connectivity index (χ1n) is 6.59. The largest absolute Gasteiger partial charge is 0.462 e. The maximum atomic E-state index is 11.8. The van der Waals surface area contributed by atoms with Crippen molar-refractivity contribution in [2.75, 3.05) is 6.61 Å². The van der Waals surface area contributed by atoms with E-state index in [0.29, 0.717) is 12.2 Å². The van der Waals surface area contributed by atoms with E-state index in [1.165, 1.54) is 27.8 Å². The van der Waals surface area contributed by atoms with E-state index in [0.717, 1.165) is 6.42 Å². The van der Waals surface area contributed by atoms with Gasteiger partial charge in [0.25, 0.3) is 0 Å². The molecule has 0 saturated heterocycles. The summed E-state index contributed by atoms with van der Waals surface area (Å²) in [4.78, 5) is 11.8. The third-order valence-electron chi connectivity index (χ3n) is 3.56. The molecule has 0 unspecified atom stereocenters. The van der Waals surface area contributed by atoms with Crippen molar-refractivity contribution in [3.8, 4) is 11.1 Å². The first-order valence-corrected chi connectivity index (χ1v) is 6.59. The van der Waals surface area contributed by atoms with Crippen LogP contribution >= 0.6 is 0 Å². The molecule has 96 valence electrons. The minimum atomic E-state index is -0.244. The SMILES string of the molecule is CCOC(=O)c1ccc2c(c1)-c1cc(C)ccc1C2. The zero-order valence-corrected chi connectivity index (χ0v) is 11.2. The second kappa shape index (κ2) is 4.54. The van der Waals surface area contributed by atoms with Gasteiger partial charge in [-0.25, -0.2) is 4.79 Å². The Kier molecular flexibility index (Phi) is 2.86. The van der Waals surface area contributed by atoms with Crippen LogP contribution in [-0.2, 0) is 11.2 Å². The monoisotopic (exact) mass is 252 g/mol. The molecular weight excluding hydrogens is 236 g/mol. The van der Waals surface area contributed by atoms with Gasteiger partial charge in [0.2, 0.25) is 0 Å². The quantitative estimate of drug-likeness (QED) is 0.649. The van der Waals surface area contributed by atoms with Gasteiger partial charge in [-0.3, -0.25) is 0 Å². The molecule has 0 saturated carbocycles. The molecule has 0 heterocycles. The van der Waals surface area contributed by atoms with Gasteiger partial charge in [0.1, 0.15) is 0 Å². The number of benzene rings is 2. The van der Waals surface area contributed by atoms with Crippen molar-refractivity contribution >= 4 is 5.97 Å². The summed E-state index contributed by atoms with van der Waals surface area (Å²) in [5, 5.41) is 0. The maximum Gasteiger partial charge on any atom is 0.338 e. The summed E-state index contributed by atoms with van der Waals surface area (Å²) in [5.41, 5.74) is 6.92. The molecule has 0 bridgehead atoms. The number of carbonyl (C=O) groups is 1. The van der Waals surface area contributed by atoms with E-state index in [2.05, 4.69) is 25.1 Å². The molecule has 2 heteroatoms. The number of hydrogen-bond acceptors (Lipinski definition) is 2. The first-order chi connectivity index (χ1) is 9.19. The summed E-state index contributed by atoms with van der Waals surface area (Å²) in [6, 6.07) is 12.4. The van der Waals surface area contributed by atoms with Crippen molar-refractivity contribution in [1.29, 1.82) is 0 Å². The summed E-state index contributed by atoms with van der Waals surface area (Å²) in [7, 11) is 0. The van der Waals surface area contributed by atoms with Gasteiger partial charge in [-0.1, -0.05) is 29.8 Å². The van der Waals surface area contributed by atoms with E-state index in [1.54, 1.807) is 0 Å². The molecule has 0 amide bonds. The molecule has 0 aromatic heterocycles. The molecule has 3 rings (SSSR count). The zero-order chi connectivity index (χ0) is 13.4. The third kappa shape index (κ3) is 2.03. The topological polar surface area (TPSA) is 26.3 Å². The smallest absolute Gasteiger partial charge is 0.338 e. The van der Waals surface area contributed by atoms with Crippen LogP contribution in [0.5, 0.6) is 0 Å². The fourth-order valence-corrected chi connectivity index (χ4v) is 2.62. The Hall–Kier alpha value is -2.09. The number of ether oxygens (including phenoxy) is 1. The highest BCUT2D eigenvalue weighted by atomic mass is 16.5. The second-order valence-electron chi connectivity index (χ2n) is 4.93. The fourth-order valence-electron chi connectivity index (χ4n) is 2.62. The Balaban J connectivity index is 2.07. The highest BCUT2D eigenvalue weighted by Gasteiger charge is 2.20. The van der Waals surface area contributed by atoms with Crippen molar-refractivity contribution in [3.05, 3.63) is 58.7 Å². The molecule has 2 aromatic rings. The van der Waals surface area contributed by atoms with Gasteiger partial charge < -0.3 is 4.74 Å². The lowest BCUT2D eigenvalue weighted by Crippen LogP contribution is -2.04. The Morgan fingerprint density at radius 1 is 1.11 bits per heavy atom. The van der Waals surface area contributed by atoms with Crippen LogP contribution in [0.1, 0.15) is 34.0 Å². The third-order valence-corrected chi connectivity index (χ3v) is 3.56. The zero-order valence-electron chi connectivity index (χ0n) is 11.2. The van der Waals surface area contributed by atoms with Crippen LogP contribution in [0.2, 0.25) is 0 Å². The highest BCUT2D eigenvalue weighted by Crippen LogP contribution is 2.37. The number of carbonyl (C=O) groups excluding carboxylic acids is 1. The number of aryl methyl sites for hydroxylation is 1. The molecule has 0 aliphatic heterocycles. The molecule has 0 radical (unpaired) electrons. The van der Waals surface area contributed by atoms with E-state index in [-0.39, 0.29) is 5.97 Å². The number of esters is 1. The van der Waals surface area contributed by atoms with Crippen molar-refractivity contribution in [2.24, 2.45) is 0 Å². The number of hydrogen-bond donors (Lipinski definition) is 0. The van der Waals surface area contributed by atoms with E-state index in [9.17, 15) is 4.79 Å². The minimum absolute atomic E-state index is 0.244. The Bertz CT molecular complexity index is 656. The predicted octanol–water partition coefficient (Wildman–Crippen LogP) is 3.74. The molecule has 19 heavy (non-hydrogen) atoms. The number of fused-ring (bicyclic) bond motifs is 3. The van der Waals surface area contributed by atoms with E-state index in [4.69, 9.17) is 4.74 Å². The molecule has 0 spiro atoms.